The van der Waals surface area contributed by atoms with Gasteiger partial charge in [-0.15, -0.1) is 0 Å². The molecular weight excluding hydrogens is 312 g/mol. The number of carbonyl (C=O) groups excluding carboxylic acids is 1. The van der Waals surface area contributed by atoms with Crippen LogP contribution in [0.2, 0.25) is 0 Å². The lowest BCUT2D eigenvalue weighted by molar-refractivity contribution is -0.120. The molecule has 0 unspecified atom stereocenters. The quantitative estimate of drug-likeness (QED) is 0.519. The molecule has 0 heterocycles. The summed E-state index contributed by atoms with van der Waals surface area (Å²) in [6.07, 6.45) is 1.05. The van der Waals surface area contributed by atoms with Crippen molar-refractivity contribution in [1.29, 1.82) is 0 Å². The van der Waals surface area contributed by atoms with Crippen molar-refractivity contribution in [1.82, 2.24) is 16.2 Å². The zero-order valence-corrected chi connectivity index (χ0v) is 13.4. The van der Waals surface area contributed by atoms with Crippen molar-refractivity contribution in [2.24, 2.45) is 0 Å². The molecule has 0 aliphatic carbocycles. The molecule has 0 atom stereocenters. The van der Waals surface area contributed by atoms with Crippen LogP contribution in [0.5, 0.6) is 0 Å². The number of sulfonamides is 1. The molecular formula is C12H18N4O3S2. The summed E-state index contributed by atoms with van der Waals surface area (Å²) in [6.45, 7) is 2.13. The average molecular weight is 330 g/mol. The van der Waals surface area contributed by atoms with E-state index in [1.807, 2.05) is 6.92 Å². The first kappa shape index (κ1) is 17.2. The van der Waals surface area contributed by atoms with Crippen LogP contribution in [-0.4, -0.2) is 38.8 Å². The highest BCUT2D eigenvalue weighted by Crippen LogP contribution is 2.15. The number of benzene rings is 1. The first-order valence-corrected chi connectivity index (χ1v) is 8.45. The Labute approximate surface area is 129 Å². The summed E-state index contributed by atoms with van der Waals surface area (Å²) in [6, 6.07) is 8.39. The highest BCUT2D eigenvalue weighted by Gasteiger charge is 2.20. The molecule has 7 nitrogen and oxygen atoms in total. The zero-order valence-electron chi connectivity index (χ0n) is 11.8. The van der Waals surface area contributed by atoms with E-state index in [4.69, 9.17) is 12.2 Å². The number of nitrogens with zero attached hydrogens (tertiary/aromatic N) is 1. The Morgan fingerprint density at radius 2 is 1.86 bits per heavy atom. The first-order chi connectivity index (χ1) is 9.84. The van der Waals surface area contributed by atoms with Crippen LogP contribution in [0.15, 0.2) is 30.3 Å². The van der Waals surface area contributed by atoms with Crippen molar-refractivity contribution in [3.05, 3.63) is 30.3 Å². The topological polar surface area (TPSA) is 90.5 Å². The number of nitrogens with one attached hydrogen (secondary N) is 3. The molecule has 1 aromatic rings. The molecule has 1 amide bonds. The van der Waals surface area contributed by atoms with Gasteiger partial charge in [-0.2, -0.15) is 0 Å². The smallest absolute Gasteiger partial charge is 0.259 e. The van der Waals surface area contributed by atoms with Crippen LogP contribution in [0.1, 0.15) is 6.92 Å². The second-order valence-corrected chi connectivity index (χ2v) is 6.45. The number of rotatable bonds is 5. The summed E-state index contributed by atoms with van der Waals surface area (Å²) in [7, 11) is -3.57. The van der Waals surface area contributed by atoms with Crippen molar-refractivity contribution in [3.8, 4) is 0 Å². The molecule has 0 aromatic heterocycles. The van der Waals surface area contributed by atoms with E-state index in [0.29, 0.717) is 12.2 Å². The Balaban J connectivity index is 2.71. The Morgan fingerprint density at radius 1 is 1.24 bits per heavy atom. The second kappa shape index (κ2) is 7.79. The van der Waals surface area contributed by atoms with E-state index in [2.05, 4.69) is 16.2 Å². The number of carbonyl (C=O) groups is 1. The van der Waals surface area contributed by atoms with Gasteiger partial charge in [0.2, 0.25) is 10.0 Å². The minimum Gasteiger partial charge on any atom is -0.362 e. The lowest BCUT2D eigenvalue weighted by Gasteiger charge is -2.22. The molecule has 0 bridgehead atoms. The van der Waals surface area contributed by atoms with Gasteiger partial charge in [-0.25, -0.2) is 8.42 Å². The van der Waals surface area contributed by atoms with Gasteiger partial charge < -0.3 is 5.32 Å². The van der Waals surface area contributed by atoms with Crippen LogP contribution in [-0.2, 0) is 14.8 Å². The maximum absolute atomic E-state index is 11.8. The molecule has 0 aliphatic rings. The summed E-state index contributed by atoms with van der Waals surface area (Å²) in [5.41, 5.74) is 5.25. The predicted molar refractivity (Wildman–Crippen MR) is 86.2 cm³/mol. The number of hydrazine groups is 1. The van der Waals surface area contributed by atoms with Crippen LogP contribution >= 0.6 is 12.2 Å². The fourth-order valence-electron chi connectivity index (χ4n) is 1.50. The number of hydrogen-bond acceptors (Lipinski definition) is 4. The molecule has 116 valence electrons. The normalized spacial score (nSPS) is 10.6. The van der Waals surface area contributed by atoms with Crippen LogP contribution in [0.25, 0.3) is 0 Å². The molecule has 9 heteroatoms. The SMILES string of the molecule is CCNC(=S)NNC(=O)CN(c1ccccc1)S(C)(=O)=O. The minimum atomic E-state index is -3.57. The molecule has 21 heavy (non-hydrogen) atoms. The summed E-state index contributed by atoms with van der Waals surface area (Å²) in [4.78, 5) is 11.8. The maximum Gasteiger partial charge on any atom is 0.259 e. The van der Waals surface area contributed by atoms with E-state index in [9.17, 15) is 13.2 Å². The number of hydrogen-bond donors (Lipinski definition) is 3. The van der Waals surface area contributed by atoms with Crippen molar-refractivity contribution < 1.29 is 13.2 Å². The maximum atomic E-state index is 11.8. The fourth-order valence-corrected chi connectivity index (χ4v) is 2.55. The molecule has 0 saturated heterocycles. The Hall–Kier alpha value is -1.87. The lowest BCUT2D eigenvalue weighted by Crippen LogP contribution is -2.50. The second-order valence-electron chi connectivity index (χ2n) is 4.14. The van der Waals surface area contributed by atoms with Gasteiger partial charge in [-0.1, -0.05) is 18.2 Å². The molecule has 0 radical (unpaired) electrons. The minimum absolute atomic E-state index is 0.261. The third-order valence-electron chi connectivity index (χ3n) is 2.38. The van der Waals surface area contributed by atoms with Gasteiger partial charge in [0.1, 0.15) is 6.54 Å². The summed E-state index contributed by atoms with van der Waals surface area (Å²) < 4.78 is 24.6. The number of amides is 1. The Morgan fingerprint density at radius 3 is 2.38 bits per heavy atom. The molecule has 1 rings (SSSR count). The van der Waals surface area contributed by atoms with E-state index in [-0.39, 0.29) is 11.7 Å². The predicted octanol–water partition coefficient (Wildman–Crippen LogP) is -0.0322. The molecule has 3 N–H and O–H groups in total. The van der Waals surface area contributed by atoms with Crippen molar-refractivity contribution >= 4 is 38.9 Å². The standard InChI is InChI=1S/C12H18N4O3S2/c1-3-13-12(20)15-14-11(17)9-16(21(2,18)19)10-7-5-4-6-8-10/h4-8H,3,9H2,1-2H3,(H,14,17)(H2,13,15,20). The van der Waals surface area contributed by atoms with E-state index < -0.39 is 15.9 Å². The highest BCUT2D eigenvalue weighted by atomic mass is 32.2. The first-order valence-electron chi connectivity index (χ1n) is 6.20. The summed E-state index contributed by atoms with van der Waals surface area (Å²) >= 11 is 4.88. The fraction of sp³-hybridized carbons (Fsp3) is 0.333. The van der Waals surface area contributed by atoms with E-state index >= 15 is 0 Å². The van der Waals surface area contributed by atoms with Gasteiger partial charge in [0.25, 0.3) is 5.91 Å². The molecule has 0 saturated carbocycles. The third kappa shape index (κ3) is 5.96. The van der Waals surface area contributed by atoms with Crippen LogP contribution < -0.4 is 20.5 Å². The van der Waals surface area contributed by atoms with Gasteiger partial charge in [0, 0.05) is 6.54 Å². The van der Waals surface area contributed by atoms with Crippen LogP contribution in [0.3, 0.4) is 0 Å². The van der Waals surface area contributed by atoms with Crippen LogP contribution in [0, 0.1) is 0 Å². The van der Waals surface area contributed by atoms with Gasteiger partial charge in [-0.3, -0.25) is 20.0 Å². The van der Waals surface area contributed by atoms with Gasteiger partial charge in [0.15, 0.2) is 5.11 Å². The van der Waals surface area contributed by atoms with Gasteiger partial charge in [0.05, 0.1) is 11.9 Å². The van der Waals surface area contributed by atoms with Gasteiger partial charge >= 0.3 is 0 Å². The van der Waals surface area contributed by atoms with Crippen molar-refractivity contribution in [2.45, 2.75) is 6.92 Å². The van der Waals surface area contributed by atoms with E-state index in [1.54, 1.807) is 30.3 Å². The largest absolute Gasteiger partial charge is 0.362 e. The molecule has 0 fully saturated rings. The Kier molecular flexibility index (Phi) is 6.38. The monoisotopic (exact) mass is 330 g/mol. The summed E-state index contributed by atoms with van der Waals surface area (Å²) in [5, 5.41) is 3.05. The van der Waals surface area contributed by atoms with E-state index in [1.165, 1.54) is 0 Å². The van der Waals surface area contributed by atoms with Crippen molar-refractivity contribution in [2.75, 3.05) is 23.7 Å². The Bertz CT molecular complexity index is 590. The lowest BCUT2D eigenvalue weighted by atomic mass is 10.3. The highest BCUT2D eigenvalue weighted by molar-refractivity contribution is 7.92. The average Bonchev–Trinajstić information content (AvgIpc) is 2.42. The number of thiocarbonyl (C=S) groups is 1. The van der Waals surface area contributed by atoms with E-state index in [0.717, 1.165) is 10.6 Å². The van der Waals surface area contributed by atoms with Crippen molar-refractivity contribution in [3.63, 3.8) is 0 Å². The molecule has 0 spiro atoms. The van der Waals surface area contributed by atoms with Crippen LogP contribution in [0.4, 0.5) is 5.69 Å². The number of para-hydroxylation sites is 1. The molecule has 0 aliphatic heterocycles. The zero-order chi connectivity index (χ0) is 15.9. The summed E-state index contributed by atoms with van der Waals surface area (Å²) in [5.74, 6) is -0.524. The molecule has 1 aromatic carbocycles. The van der Waals surface area contributed by atoms with Gasteiger partial charge in [-0.05, 0) is 31.3 Å². The number of anilines is 1. The third-order valence-corrected chi connectivity index (χ3v) is 3.77.